The van der Waals surface area contributed by atoms with E-state index in [1.54, 1.807) is 12.1 Å². The van der Waals surface area contributed by atoms with E-state index in [9.17, 15) is 12.8 Å². The third kappa shape index (κ3) is 2.84. The van der Waals surface area contributed by atoms with Crippen LogP contribution >= 0.6 is 0 Å². The van der Waals surface area contributed by atoms with Crippen molar-refractivity contribution in [1.29, 1.82) is 0 Å². The van der Waals surface area contributed by atoms with Gasteiger partial charge < -0.3 is 0 Å². The molecule has 1 N–H and O–H groups in total. The average molecular weight is 257 g/mol. The fraction of sp³-hybridized carbons (Fsp3) is 0.500. The van der Waals surface area contributed by atoms with Gasteiger partial charge in [-0.15, -0.1) is 0 Å². The summed E-state index contributed by atoms with van der Waals surface area (Å²) >= 11 is 0. The summed E-state index contributed by atoms with van der Waals surface area (Å²) in [6.45, 7) is 1.83. The molecular formula is C12H16FNO2S. The maximum Gasteiger partial charge on any atom is 0.212 e. The van der Waals surface area contributed by atoms with E-state index < -0.39 is 15.6 Å². The summed E-state index contributed by atoms with van der Waals surface area (Å²) in [5.41, 5.74) is 0.361. The lowest BCUT2D eigenvalue weighted by atomic mass is 10.1. The third-order valence-corrected chi connectivity index (χ3v) is 4.62. The van der Waals surface area contributed by atoms with Crippen LogP contribution in [0, 0.1) is 5.82 Å². The van der Waals surface area contributed by atoms with Gasteiger partial charge in [-0.3, -0.25) is 0 Å². The van der Waals surface area contributed by atoms with Crippen molar-refractivity contribution in [2.75, 3.05) is 5.75 Å². The van der Waals surface area contributed by atoms with Crippen LogP contribution in [-0.4, -0.2) is 14.2 Å². The van der Waals surface area contributed by atoms with Crippen molar-refractivity contribution >= 4 is 10.0 Å². The molecule has 0 amide bonds. The van der Waals surface area contributed by atoms with E-state index in [0.29, 0.717) is 6.42 Å². The Morgan fingerprint density at radius 3 is 2.35 bits per heavy atom. The molecule has 3 nitrogen and oxygen atoms in total. The summed E-state index contributed by atoms with van der Waals surface area (Å²) in [6, 6.07) is 6.03. The van der Waals surface area contributed by atoms with Crippen LogP contribution in [0.1, 0.15) is 31.7 Å². The van der Waals surface area contributed by atoms with Crippen LogP contribution in [0.15, 0.2) is 24.3 Å². The first kappa shape index (κ1) is 12.5. The first-order chi connectivity index (χ1) is 7.97. The van der Waals surface area contributed by atoms with Crippen molar-refractivity contribution in [3.63, 3.8) is 0 Å². The Hall–Kier alpha value is -0.940. The van der Waals surface area contributed by atoms with E-state index in [0.717, 1.165) is 18.4 Å². The molecule has 1 aromatic carbocycles. The highest BCUT2D eigenvalue weighted by Crippen LogP contribution is 2.46. The van der Waals surface area contributed by atoms with E-state index in [1.165, 1.54) is 12.1 Å². The molecular weight excluding hydrogens is 241 g/mol. The predicted molar refractivity (Wildman–Crippen MR) is 64.5 cm³/mol. The molecule has 0 spiro atoms. The summed E-state index contributed by atoms with van der Waals surface area (Å²) in [6.07, 6.45) is 2.15. The van der Waals surface area contributed by atoms with Gasteiger partial charge in [0.1, 0.15) is 5.82 Å². The molecule has 0 atom stereocenters. The Balaban J connectivity index is 2.18. The number of benzene rings is 1. The maximum atomic E-state index is 12.8. The van der Waals surface area contributed by atoms with E-state index in [2.05, 4.69) is 4.72 Å². The molecule has 1 fully saturated rings. The van der Waals surface area contributed by atoms with E-state index in [1.807, 2.05) is 6.92 Å². The lowest BCUT2D eigenvalue weighted by molar-refractivity contribution is 0.550. The molecule has 5 heteroatoms. The second-order valence-corrected chi connectivity index (χ2v) is 6.35. The van der Waals surface area contributed by atoms with Crippen LogP contribution in [0.4, 0.5) is 4.39 Å². The third-order valence-electron chi connectivity index (χ3n) is 2.97. The van der Waals surface area contributed by atoms with Crippen LogP contribution in [0.5, 0.6) is 0 Å². The topological polar surface area (TPSA) is 46.2 Å². The van der Waals surface area contributed by atoms with E-state index >= 15 is 0 Å². The van der Waals surface area contributed by atoms with Crippen molar-refractivity contribution in [3.8, 4) is 0 Å². The van der Waals surface area contributed by atoms with E-state index in [-0.39, 0.29) is 11.6 Å². The number of halogens is 1. The first-order valence-electron chi connectivity index (χ1n) is 5.75. The lowest BCUT2D eigenvalue weighted by Gasteiger charge is -2.17. The Bertz CT molecular complexity index is 492. The van der Waals surface area contributed by atoms with Gasteiger partial charge >= 0.3 is 0 Å². The lowest BCUT2D eigenvalue weighted by Crippen LogP contribution is -2.36. The molecule has 0 aliphatic heterocycles. The molecule has 0 unspecified atom stereocenters. The highest BCUT2D eigenvalue weighted by Gasteiger charge is 2.46. The maximum absolute atomic E-state index is 12.8. The van der Waals surface area contributed by atoms with Crippen LogP contribution < -0.4 is 4.72 Å². The number of nitrogens with one attached hydrogen (secondary N) is 1. The molecule has 1 aliphatic rings. The van der Waals surface area contributed by atoms with Gasteiger partial charge in [0.15, 0.2) is 0 Å². The second kappa shape index (κ2) is 4.38. The van der Waals surface area contributed by atoms with Crippen LogP contribution in [0.3, 0.4) is 0 Å². The molecule has 0 bridgehead atoms. The van der Waals surface area contributed by atoms with Crippen LogP contribution in [0.2, 0.25) is 0 Å². The summed E-state index contributed by atoms with van der Waals surface area (Å²) < 4.78 is 39.0. The fourth-order valence-electron chi connectivity index (χ4n) is 1.96. The molecule has 0 aromatic heterocycles. The number of hydrogen-bond donors (Lipinski definition) is 1. The van der Waals surface area contributed by atoms with Gasteiger partial charge in [0, 0.05) is 0 Å². The number of rotatable bonds is 5. The largest absolute Gasteiger partial charge is 0.212 e. The molecule has 0 saturated heterocycles. The molecule has 94 valence electrons. The minimum atomic E-state index is -3.23. The van der Waals surface area contributed by atoms with Crippen LogP contribution in [-0.2, 0) is 15.6 Å². The normalized spacial score (nSPS) is 18.0. The standard InChI is InChI=1S/C12H16FNO2S/c1-2-9-17(15,16)14-12(7-8-12)10-3-5-11(13)6-4-10/h3-6,14H,2,7-9H2,1H3. The minimum Gasteiger partial charge on any atom is -0.212 e. The second-order valence-electron chi connectivity index (χ2n) is 4.51. The van der Waals surface area contributed by atoms with Crippen molar-refractivity contribution in [1.82, 2.24) is 4.72 Å². The van der Waals surface area contributed by atoms with Gasteiger partial charge in [0.2, 0.25) is 10.0 Å². The zero-order valence-electron chi connectivity index (χ0n) is 9.74. The molecule has 17 heavy (non-hydrogen) atoms. The van der Waals surface area contributed by atoms with Gasteiger partial charge in [0.25, 0.3) is 0 Å². The zero-order valence-corrected chi connectivity index (χ0v) is 10.6. The summed E-state index contributed by atoms with van der Waals surface area (Å²) in [4.78, 5) is 0. The smallest absolute Gasteiger partial charge is 0.212 e. The van der Waals surface area contributed by atoms with Crippen LogP contribution in [0.25, 0.3) is 0 Å². The molecule has 0 radical (unpaired) electrons. The highest BCUT2D eigenvalue weighted by molar-refractivity contribution is 7.89. The Labute approximate surface area is 101 Å². The molecule has 1 aromatic rings. The first-order valence-corrected chi connectivity index (χ1v) is 7.40. The quantitative estimate of drug-likeness (QED) is 0.878. The van der Waals surface area contributed by atoms with E-state index in [4.69, 9.17) is 0 Å². The van der Waals surface area contributed by atoms with Gasteiger partial charge in [-0.05, 0) is 37.0 Å². The predicted octanol–water partition coefficient (Wildman–Crippen LogP) is 2.14. The average Bonchev–Trinajstić information content (AvgIpc) is 2.98. The van der Waals surface area contributed by atoms with Gasteiger partial charge in [0.05, 0.1) is 11.3 Å². The monoisotopic (exact) mass is 257 g/mol. The van der Waals surface area contributed by atoms with Crippen molar-refractivity contribution in [3.05, 3.63) is 35.6 Å². The summed E-state index contributed by atoms with van der Waals surface area (Å²) in [5.74, 6) is -0.170. The fourth-order valence-corrected chi connectivity index (χ4v) is 3.52. The van der Waals surface area contributed by atoms with Crippen molar-refractivity contribution in [2.24, 2.45) is 0 Å². The Kier molecular flexibility index (Phi) is 3.23. The summed E-state index contributed by atoms with van der Waals surface area (Å²) in [5, 5.41) is 0. The van der Waals surface area contributed by atoms with Gasteiger partial charge in [-0.2, -0.15) is 0 Å². The Morgan fingerprint density at radius 1 is 1.29 bits per heavy atom. The molecule has 1 aliphatic carbocycles. The molecule has 0 heterocycles. The number of sulfonamides is 1. The highest BCUT2D eigenvalue weighted by atomic mass is 32.2. The molecule has 2 rings (SSSR count). The van der Waals surface area contributed by atoms with Gasteiger partial charge in [-0.1, -0.05) is 19.1 Å². The SMILES string of the molecule is CCCS(=O)(=O)NC1(c2ccc(F)cc2)CC1. The number of hydrogen-bond acceptors (Lipinski definition) is 2. The summed E-state index contributed by atoms with van der Waals surface area (Å²) in [7, 11) is -3.23. The molecule has 1 saturated carbocycles. The minimum absolute atomic E-state index is 0.135. The van der Waals surface area contributed by atoms with Crippen molar-refractivity contribution in [2.45, 2.75) is 31.7 Å². The van der Waals surface area contributed by atoms with Gasteiger partial charge in [-0.25, -0.2) is 17.5 Å². The van der Waals surface area contributed by atoms with Crippen molar-refractivity contribution < 1.29 is 12.8 Å². The zero-order chi connectivity index (χ0) is 12.5. The Morgan fingerprint density at radius 2 is 1.88 bits per heavy atom.